The summed E-state index contributed by atoms with van der Waals surface area (Å²) in [6.45, 7) is 9.38. The van der Waals surface area contributed by atoms with Gasteiger partial charge in [0.05, 0.1) is 6.04 Å². The van der Waals surface area contributed by atoms with Gasteiger partial charge in [0.15, 0.2) is 11.6 Å². The van der Waals surface area contributed by atoms with Crippen LogP contribution in [-0.2, 0) is 11.3 Å². The van der Waals surface area contributed by atoms with Crippen molar-refractivity contribution in [3.05, 3.63) is 35.4 Å². The van der Waals surface area contributed by atoms with Gasteiger partial charge in [-0.15, -0.1) is 0 Å². The molecule has 1 aromatic carbocycles. The van der Waals surface area contributed by atoms with Crippen molar-refractivity contribution < 1.29 is 13.6 Å². The van der Waals surface area contributed by atoms with Gasteiger partial charge in [0, 0.05) is 31.7 Å². The highest BCUT2D eigenvalue weighted by Crippen LogP contribution is 2.27. The second kappa shape index (κ2) is 10.5. The van der Waals surface area contributed by atoms with Crippen LogP contribution in [0.5, 0.6) is 0 Å². The number of likely N-dealkylation sites (N-methyl/N-ethyl adjacent to an activating group) is 1. The van der Waals surface area contributed by atoms with Crippen LogP contribution in [-0.4, -0.2) is 66.6 Å². The Morgan fingerprint density at radius 3 is 2.59 bits per heavy atom. The molecule has 2 fully saturated rings. The van der Waals surface area contributed by atoms with Crippen LogP contribution in [0.2, 0.25) is 0 Å². The van der Waals surface area contributed by atoms with Gasteiger partial charge in [-0.05, 0) is 69.9 Å². The quantitative estimate of drug-likeness (QED) is 0.694. The van der Waals surface area contributed by atoms with Gasteiger partial charge in [-0.1, -0.05) is 13.0 Å². The summed E-state index contributed by atoms with van der Waals surface area (Å²) < 4.78 is 26.6. The maximum Gasteiger partial charge on any atom is 0.237 e. The fourth-order valence-corrected chi connectivity index (χ4v) is 4.66. The molecule has 2 heterocycles. The van der Waals surface area contributed by atoms with Crippen LogP contribution in [0.4, 0.5) is 8.78 Å². The Morgan fingerprint density at radius 1 is 1.17 bits per heavy atom. The van der Waals surface area contributed by atoms with Gasteiger partial charge < -0.3 is 15.5 Å². The average Bonchev–Trinajstić information content (AvgIpc) is 3.14. The molecular weight excluding hydrogens is 374 g/mol. The van der Waals surface area contributed by atoms with E-state index in [2.05, 4.69) is 27.4 Å². The fourth-order valence-electron chi connectivity index (χ4n) is 4.66. The molecule has 7 heteroatoms. The first kappa shape index (κ1) is 22.1. The summed E-state index contributed by atoms with van der Waals surface area (Å²) in [5, 5.41) is 6.43. The van der Waals surface area contributed by atoms with Gasteiger partial charge >= 0.3 is 0 Å². The molecule has 2 atom stereocenters. The second-order valence-electron chi connectivity index (χ2n) is 8.24. The zero-order valence-corrected chi connectivity index (χ0v) is 17.6. The van der Waals surface area contributed by atoms with Crippen molar-refractivity contribution in [3.8, 4) is 0 Å². The molecule has 29 heavy (non-hydrogen) atoms. The number of benzene rings is 1. The summed E-state index contributed by atoms with van der Waals surface area (Å²) in [6, 6.07) is 4.45. The van der Waals surface area contributed by atoms with E-state index in [-0.39, 0.29) is 18.0 Å². The first-order valence-electron chi connectivity index (χ1n) is 10.9. The van der Waals surface area contributed by atoms with Crippen molar-refractivity contribution >= 4 is 5.91 Å². The lowest BCUT2D eigenvalue weighted by molar-refractivity contribution is -0.126. The molecule has 0 spiro atoms. The number of likely N-dealkylation sites (tertiary alicyclic amines) is 2. The fraction of sp³-hybridized carbons (Fsp3) is 0.682. The largest absolute Gasteiger partial charge is 0.355 e. The smallest absolute Gasteiger partial charge is 0.237 e. The van der Waals surface area contributed by atoms with Crippen LogP contribution in [0.1, 0.15) is 45.1 Å². The lowest BCUT2D eigenvalue weighted by Gasteiger charge is -2.38. The summed E-state index contributed by atoms with van der Waals surface area (Å²) >= 11 is 0. The van der Waals surface area contributed by atoms with Gasteiger partial charge in [0.1, 0.15) is 0 Å². The Kier molecular flexibility index (Phi) is 7.98. The highest BCUT2D eigenvalue weighted by molar-refractivity contribution is 5.82. The molecule has 3 rings (SSSR count). The van der Waals surface area contributed by atoms with E-state index in [0.717, 1.165) is 51.5 Å². The first-order chi connectivity index (χ1) is 14.0. The standard InChI is InChI=1S/C22H34F2N4O/c1-3-9-27-10-7-18(8-11-27)28-15-17(13-21(28)22(29)25-4-2)26-14-16-5-6-19(23)20(24)12-16/h5-6,12,17-18,21,26H,3-4,7-11,13-15H2,1-2H3,(H,25,29)/t17-,21+/m1/s1. The molecule has 0 aromatic heterocycles. The minimum atomic E-state index is -0.827. The van der Waals surface area contributed by atoms with Crippen molar-refractivity contribution in [2.45, 2.75) is 64.2 Å². The molecule has 0 aliphatic carbocycles. The van der Waals surface area contributed by atoms with Crippen molar-refractivity contribution in [1.82, 2.24) is 20.4 Å². The number of carbonyl (C=O) groups is 1. The van der Waals surface area contributed by atoms with E-state index >= 15 is 0 Å². The normalized spacial score (nSPS) is 24.1. The van der Waals surface area contributed by atoms with Crippen LogP contribution in [0, 0.1) is 11.6 Å². The lowest BCUT2D eigenvalue weighted by Crippen LogP contribution is -2.51. The van der Waals surface area contributed by atoms with E-state index in [0.29, 0.717) is 24.7 Å². The highest BCUT2D eigenvalue weighted by Gasteiger charge is 2.40. The Balaban J connectivity index is 1.60. The molecule has 2 aliphatic rings. The number of halogens is 2. The van der Waals surface area contributed by atoms with Gasteiger partial charge in [0.2, 0.25) is 5.91 Å². The molecule has 162 valence electrons. The first-order valence-corrected chi connectivity index (χ1v) is 10.9. The number of hydrogen-bond donors (Lipinski definition) is 2. The zero-order valence-electron chi connectivity index (χ0n) is 17.6. The number of carbonyl (C=O) groups excluding carboxylic acids is 1. The third-order valence-corrected chi connectivity index (χ3v) is 6.14. The molecule has 2 N–H and O–H groups in total. The van der Waals surface area contributed by atoms with Crippen molar-refractivity contribution in [3.63, 3.8) is 0 Å². The second-order valence-corrected chi connectivity index (χ2v) is 8.24. The Morgan fingerprint density at radius 2 is 1.93 bits per heavy atom. The predicted octanol–water partition coefficient (Wildman–Crippen LogP) is 2.51. The van der Waals surface area contributed by atoms with Gasteiger partial charge in [-0.25, -0.2) is 8.78 Å². The van der Waals surface area contributed by atoms with Gasteiger partial charge in [0.25, 0.3) is 0 Å². The highest BCUT2D eigenvalue weighted by atomic mass is 19.2. The van der Waals surface area contributed by atoms with E-state index in [9.17, 15) is 13.6 Å². The molecule has 2 saturated heterocycles. The molecule has 0 radical (unpaired) electrons. The molecule has 2 aliphatic heterocycles. The third-order valence-electron chi connectivity index (χ3n) is 6.14. The van der Waals surface area contributed by atoms with Crippen LogP contribution in [0.3, 0.4) is 0 Å². The average molecular weight is 409 g/mol. The molecule has 0 unspecified atom stereocenters. The van der Waals surface area contributed by atoms with E-state index in [1.54, 1.807) is 6.07 Å². The maximum absolute atomic E-state index is 13.5. The molecule has 0 saturated carbocycles. The van der Waals surface area contributed by atoms with Gasteiger partial charge in [-0.3, -0.25) is 9.69 Å². The number of piperidine rings is 1. The Bertz CT molecular complexity index is 679. The number of nitrogens with one attached hydrogen (secondary N) is 2. The summed E-state index contributed by atoms with van der Waals surface area (Å²) in [5.74, 6) is -1.55. The van der Waals surface area contributed by atoms with Crippen LogP contribution in [0.25, 0.3) is 0 Å². The summed E-state index contributed by atoms with van der Waals surface area (Å²) in [7, 11) is 0. The number of hydrogen-bond acceptors (Lipinski definition) is 4. The SMILES string of the molecule is CCCN1CCC(N2C[C@H](NCc3ccc(F)c(F)c3)C[C@H]2C(=O)NCC)CC1. The summed E-state index contributed by atoms with van der Waals surface area (Å²) in [6.07, 6.45) is 4.09. The molecule has 0 bridgehead atoms. The van der Waals surface area contributed by atoms with Crippen LogP contribution < -0.4 is 10.6 Å². The number of nitrogens with zero attached hydrogens (tertiary/aromatic N) is 2. The maximum atomic E-state index is 13.5. The number of rotatable bonds is 8. The van der Waals surface area contributed by atoms with Crippen molar-refractivity contribution in [2.75, 3.05) is 32.7 Å². The number of amides is 1. The molecule has 1 aromatic rings. The topological polar surface area (TPSA) is 47.6 Å². The third kappa shape index (κ3) is 5.74. The minimum Gasteiger partial charge on any atom is -0.355 e. The van der Waals surface area contributed by atoms with Crippen molar-refractivity contribution in [2.24, 2.45) is 0 Å². The van der Waals surface area contributed by atoms with E-state index in [1.165, 1.54) is 12.5 Å². The molecule has 1 amide bonds. The van der Waals surface area contributed by atoms with E-state index in [1.807, 2.05) is 6.92 Å². The predicted molar refractivity (Wildman–Crippen MR) is 111 cm³/mol. The van der Waals surface area contributed by atoms with E-state index in [4.69, 9.17) is 0 Å². The Labute approximate surface area is 172 Å². The van der Waals surface area contributed by atoms with Crippen molar-refractivity contribution in [1.29, 1.82) is 0 Å². The lowest BCUT2D eigenvalue weighted by atomic mass is 10.0. The van der Waals surface area contributed by atoms with Crippen LogP contribution in [0.15, 0.2) is 18.2 Å². The van der Waals surface area contributed by atoms with Crippen LogP contribution >= 0.6 is 0 Å². The van der Waals surface area contributed by atoms with E-state index < -0.39 is 11.6 Å². The minimum absolute atomic E-state index is 0.0978. The van der Waals surface area contributed by atoms with Gasteiger partial charge in [-0.2, -0.15) is 0 Å². The summed E-state index contributed by atoms with van der Waals surface area (Å²) in [5.41, 5.74) is 0.713. The Hall–Kier alpha value is -1.57. The molecular formula is C22H34F2N4O. The molecule has 5 nitrogen and oxygen atoms in total. The monoisotopic (exact) mass is 408 g/mol. The zero-order chi connectivity index (χ0) is 20.8. The summed E-state index contributed by atoms with van der Waals surface area (Å²) in [4.78, 5) is 17.6.